The summed E-state index contributed by atoms with van der Waals surface area (Å²) in [6, 6.07) is 2.04. The minimum Gasteiger partial charge on any atom is -0.412 e. The van der Waals surface area contributed by atoms with Gasteiger partial charge in [-0.15, -0.1) is 0 Å². The summed E-state index contributed by atoms with van der Waals surface area (Å²) in [4.78, 5) is 3.02. The lowest BCUT2D eigenvalue weighted by Gasteiger charge is -2.32. The van der Waals surface area contributed by atoms with Crippen LogP contribution in [0.1, 0.15) is 81.1 Å². The van der Waals surface area contributed by atoms with Crippen molar-refractivity contribution in [2.45, 2.75) is 81.1 Å². The monoisotopic (exact) mass is 311 g/mol. The van der Waals surface area contributed by atoms with Crippen LogP contribution in [0.15, 0.2) is 12.3 Å². The van der Waals surface area contributed by atoms with Crippen molar-refractivity contribution in [2.24, 2.45) is 11.8 Å². The zero-order chi connectivity index (χ0) is 16.8. The molecule has 0 aliphatic heterocycles. The molecule has 1 aliphatic rings. The molecular weight excluding hydrogens is 270 g/mol. The fourth-order valence-electron chi connectivity index (χ4n) is 2.59. The predicted octanol–water partition coefficient (Wildman–Crippen LogP) is 4.68. The van der Waals surface area contributed by atoms with Gasteiger partial charge in [-0.25, -0.2) is 0 Å². The average Bonchev–Trinajstić information content (AvgIpc) is 2.89. The number of hydrogen-bond acceptors (Lipinski definition) is 0. The molecule has 1 aromatic rings. The van der Waals surface area contributed by atoms with E-state index >= 15 is 0 Å². The van der Waals surface area contributed by atoms with Crippen molar-refractivity contribution < 1.29 is 5.48 Å². The molecule has 1 heterocycles. The van der Waals surface area contributed by atoms with Gasteiger partial charge in [0.1, 0.15) is 0 Å². The number of rotatable bonds is 2. The second kappa shape index (κ2) is 16.4. The third-order valence-corrected chi connectivity index (χ3v) is 3.54. The largest absolute Gasteiger partial charge is 0.412 e. The van der Waals surface area contributed by atoms with E-state index < -0.39 is 0 Å². The highest BCUT2D eigenvalue weighted by Gasteiger charge is 2.23. The van der Waals surface area contributed by atoms with Gasteiger partial charge in [0.25, 0.3) is 0 Å². The summed E-state index contributed by atoms with van der Waals surface area (Å²) in [5.41, 5.74) is 1.31. The van der Waals surface area contributed by atoms with Gasteiger partial charge in [-0.2, -0.15) is 0 Å². The molecule has 22 heavy (non-hydrogen) atoms. The zero-order valence-corrected chi connectivity index (χ0v) is 16.3. The van der Waals surface area contributed by atoms with Gasteiger partial charge in [0.2, 0.25) is 0 Å². The average molecular weight is 312 g/mol. The Morgan fingerprint density at radius 2 is 1.68 bits per heavy atom. The van der Waals surface area contributed by atoms with Crippen LogP contribution in [0.25, 0.3) is 12.2 Å². The van der Waals surface area contributed by atoms with E-state index in [0.717, 1.165) is 17.2 Å². The quantitative estimate of drug-likeness (QED) is 0.824. The molecule has 0 atom stereocenters. The summed E-state index contributed by atoms with van der Waals surface area (Å²) in [6.07, 6.45) is 7.79. The molecular formula is C20H41NO. The van der Waals surface area contributed by atoms with Gasteiger partial charge in [0.15, 0.2) is 0 Å². The molecule has 0 amide bonds. The van der Waals surface area contributed by atoms with E-state index in [9.17, 15) is 0 Å². The highest BCUT2D eigenvalue weighted by molar-refractivity contribution is 5.38. The van der Waals surface area contributed by atoms with Crippen LogP contribution in [0.4, 0.5) is 0 Å². The van der Waals surface area contributed by atoms with E-state index in [1.54, 1.807) is 0 Å². The van der Waals surface area contributed by atoms with Gasteiger partial charge in [-0.3, -0.25) is 0 Å². The lowest BCUT2D eigenvalue weighted by Crippen LogP contribution is -2.21. The summed E-state index contributed by atoms with van der Waals surface area (Å²) in [7, 11) is 0. The Balaban J connectivity index is -0.000000259. The maximum absolute atomic E-state index is 3.83. The molecule has 1 aromatic heterocycles. The highest BCUT2D eigenvalue weighted by Crippen LogP contribution is 2.35. The normalized spacial score (nSPS) is 17.8. The van der Waals surface area contributed by atoms with Crippen LogP contribution in [-0.4, -0.2) is 10.5 Å². The molecule has 0 aromatic carbocycles. The Hall–Kier alpha value is -1.02. The first-order valence-electron chi connectivity index (χ1n) is 8.84. The van der Waals surface area contributed by atoms with Crippen molar-refractivity contribution in [3.05, 3.63) is 22.8 Å². The summed E-state index contributed by atoms with van der Waals surface area (Å²) in [5, 5.41) is 2.24. The number of aromatic nitrogens is 1. The van der Waals surface area contributed by atoms with Gasteiger partial charge in [-0.1, -0.05) is 66.5 Å². The lowest BCUT2D eigenvalue weighted by molar-refractivity contribution is 0.198. The molecule has 0 unspecified atom stereocenters. The number of hydrogen-bond donors (Lipinski definition) is 1. The van der Waals surface area contributed by atoms with Crippen molar-refractivity contribution in [3.63, 3.8) is 0 Å². The van der Waals surface area contributed by atoms with Crippen LogP contribution in [0.5, 0.6) is 0 Å². The predicted molar refractivity (Wildman–Crippen MR) is 103 cm³/mol. The van der Waals surface area contributed by atoms with E-state index in [0.29, 0.717) is 0 Å². The van der Waals surface area contributed by atoms with Crippen molar-refractivity contribution >= 4 is 12.2 Å². The first-order chi connectivity index (χ1) is 10.0. The molecule has 1 saturated carbocycles. The van der Waals surface area contributed by atoms with Crippen molar-refractivity contribution in [1.29, 1.82) is 0 Å². The molecule has 2 heteroatoms. The molecule has 0 radical (unpaired) electrons. The Kier molecular flexibility index (Phi) is 19.3. The number of aromatic amines is 1. The molecule has 132 valence electrons. The lowest BCUT2D eigenvalue weighted by atomic mass is 9.74. The Labute approximate surface area is 139 Å². The Morgan fingerprint density at radius 1 is 1.18 bits per heavy atom. The summed E-state index contributed by atoms with van der Waals surface area (Å²) in [5.74, 6) is 2.15. The van der Waals surface area contributed by atoms with E-state index in [-0.39, 0.29) is 5.48 Å². The van der Waals surface area contributed by atoms with E-state index in [1.165, 1.54) is 36.5 Å². The Morgan fingerprint density at radius 3 is 1.91 bits per heavy atom. The van der Waals surface area contributed by atoms with Crippen molar-refractivity contribution in [1.82, 2.24) is 4.98 Å². The molecule has 0 bridgehead atoms. The minimum absolute atomic E-state index is 0. The summed E-state index contributed by atoms with van der Waals surface area (Å²) in [6.45, 7) is 20.6. The summed E-state index contributed by atoms with van der Waals surface area (Å²) < 4.78 is 0. The fraction of sp³-hybridized carbons (Fsp3) is 0.700. The van der Waals surface area contributed by atoms with E-state index in [4.69, 9.17) is 0 Å². The molecule has 1 aliphatic carbocycles. The minimum atomic E-state index is 0. The van der Waals surface area contributed by atoms with Gasteiger partial charge in [-0.05, 0) is 49.8 Å². The smallest absolute Gasteiger partial charge is 0.0380 e. The first kappa shape index (κ1) is 25.9. The van der Waals surface area contributed by atoms with Crippen molar-refractivity contribution in [3.8, 4) is 0 Å². The third-order valence-electron chi connectivity index (χ3n) is 3.54. The molecule has 0 spiro atoms. The number of nitrogens with one attached hydrogen (secondary N) is 1. The van der Waals surface area contributed by atoms with Crippen LogP contribution in [0, 0.1) is 11.8 Å². The van der Waals surface area contributed by atoms with Crippen LogP contribution < -0.4 is 10.6 Å². The van der Waals surface area contributed by atoms with E-state index in [1.807, 2.05) is 40.0 Å². The third kappa shape index (κ3) is 10.7. The molecule has 3 N–H and O–H groups in total. The van der Waals surface area contributed by atoms with Crippen LogP contribution in [-0.2, 0) is 0 Å². The van der Waals surface area contributed by atoms with Gasteiger partial charge >= 0.3 is 0 Å². The van der Waals surface area contributed by atoms with Crippen LogP contribution in [0.2, 0.25) is 0 Å². The standard InChI is InChI=1S/C8H11N.C8H16.2C2H6.H2O/c1-6(2)8-4-5-9-7(8)3;1-3-4-8-5-7(2)6-8;2*1-2;/h4-5,9H,3H2,1-2H3;7-8H,3-6H2,1-2H3;2*1-2H3;1H2. The maximum Gasteiger partial charge on any atom is 0.0380 e. The molecule has 2 rings (SSSR count). The van der Waals surface area contributed by atoms with Crippen molar-refractivity contribution in [2.75, 3.05) is 0 Å². The van der Waals surface area contributed by atoms with Gasteiger partial charge in [0, 0.05) is 11.5 Å². The van der Waals surface area contributed by atoms with Crippen LogP contribution >= 0.6 is 0 Å². The second-order valence-corrected chi connectivity index (χ2v) is 5.60. The molecule has 2 nitrogen and oxygen atoms in total. The summed E-state index contributed by atoms with van der Waals surface area (Å²) >= 11 is 0. The zero-order valence-electron chi connectivity index (χ0n) is 16.3. The van der Waals surface area contributed by atoms with Gasteiger partial charge < -0.3 is 10.5 Å². The topological polar surface area (TPSA) is 47.3 Å². The molecule has 0 saturated heterocycles. The molecule has 1 fully saturated rings. The maximum atomic E-state index is 3.83. The van der Waals surface area contributed by atoms with Gasteiger partial charge in [0.05, 0.1) is 0 Å². The first-order valence-corrected chi connectivity index (χ1v) is 8.84. The number of H-pyrrole nitrogens is 1. The fourth-order valence-corrected chi connectivity index (χ4v) is 2.59. The SMILES string of the molecule is C=c1[nH]ccc1=C(C)C.CC.CC.CCCC1CC(C)C1.O. The highest BCUT2D eigenvalue weighted by atomic mass is 16.0. The second-order valence-electron chi connectivity index (χ2n) is 5.60. The Bertz CT molecular complexity index is 420. The van der Waals surface area contributed by atoms with E-state index in [2.05, 4.69) is 39.3 Å². The van der Waals surface area contributed by atoms with Crippen LogP contribution in [0.3, 0.4) is 0 Å².